The second-order valence-corrected chi connectivity index (χ2v) is 12.6. The SMILES string of the molecule is CN1[C@H](c2cccc3ccccc23)[C@@H](c2cccc3ccccc23)N(C)P1(=O)N1CCCCC1. The summed E-state index contributed by atoms with van der Waals surface area (Å²) >= 11 is 0. The van der Waals surface area contributed by atoms with E-state index in [2.05, 4.69) is 113 Å². The summed E-state index contributed by atoms with van der Waals surface area (Å²) in [4.78, 5) is 0. The van der Waals surface area contributed by atoms with Crippen LogP contribution in [-0.4, -0.2) is 41.2 Å². The van der Waals surface area contributed by atoms with E-state index < -0.39 is 7.59 Å². The van der Waals surface area contributed by atoms with E-state index in [1.807, 2.05) is 0 Å². The molecule has 2 atom stereocenters. The Morgan fingerprint density at radius 2 is 1.06 bits per heavy atom. The van der Waals surface area contributed by atoms with Crippen LogP contribution in [0.2, 0.25) is 0 Å². The predicted octanol–water partition coefficient (Wildman–Crippen LogP) is 7.25. The minimum Gasteiger partial charge on any atom is -0.270 e. The molecule has 34 heavy (non-hydrogen) atoms. The molecule has 4 nitrogen and oxygen atoms in total. The van der Waals surface area contributed by atoms with Crippen LogP contribution < -0.4 is 0 Å². The summed E-state index contributed by atoms with van der Waals surface area (Å²) in [5.41, 5.74) is 2.50. The molecule has 0 radical (unpaired) electrons. The van der Waals surface area contributed by atoms with Crippen LogP contribution in [0.1, 0.15) is 42.5 Å². The van der Waals surface area contributed by atoms with Gasteiger partial charge in [0.15, 0.2) is 0 Å². The Morgan fingerprint density at radius 1 is 0.618 bits per heavy atom. The molecule has 5 heteroatoms. The maximum absolute atomic E-state index is 15.0. The van der Waals surface area contributed by atoms with Crippen LogP contribution in [0.25, 0.3) is 21.5 Å². The molecule has 2 saturated heterocycles. The summed E-state index contributed by atoms with van der Waals surface area (Å²) in [6.07, 6.45) is 3.45. The molecule has 2 heterocycles. The molecule has 2 fully saturated rings. The van der Waals surface area contributed by atoms with Gasteiger partial charge in [0.1, 0.15) is 0 Å². The van der Waals surface area contributed by atoms with Crippen molar-refractivity contribution in [2.75, 3.05) is 27.2 Å². The molecule has 4 aromatic carbocycles. The molecular weight excluding hydrogens is 437 g/mol. The van der Waals surface area contributed by atoms with E-state index in [1.165, 1.54) is 39.1 Å². The van der Waals surface area contributed by atoms with Crippen molar-refractivity contribution in [3.63, 3.8) is 0 Å². The lowest BCUT2D eigenvalue weighted by atomic mass is 9.88. The van der Waals surface area contributed by atoms with Gasteiger partial charge in [-0.05, 0) is 59.6 Å². The van der Waals surface area contributed by atoms with Crippen LogP contribution in [0.4, 0.5) is 0 Å². The fourth-order valence-electron chi connectivity index (χ4n) is 6.25. The number of hydrogen-bond acceptors (Lipinski definition) is 1. The van der Waals surface area contributed by atoms with Crippen molar-refractivity contribution in [3.05, 3.63) is 96.1 Å². The second kappa shape index (κ2) is 8.62. The highest BCUT2D eigenvalue weighted by molar-refractivity contribution is 7.56. The zero-order valence-corrected chi connectivity index (χ0v) is 20.9. The van der Waals surface area contributed by atoms with Gasteiger partial charge in [0.05, 0.1) is 12.1 Å². The Bertz CT molecular complexity index is 1290. The van der Waals surface area contributed by atoms with Gasteiger partial charge in [0.25, 0.3) is 7.59 Å². The van der Waals surface area contributed by atoms with Crippen LogP contribution in [0, 0.1) is 0 Å². The summed E-state index contributed by atoms with van der Waals surface area (Å²) < 4.78 is 21.8. The molecule has 0 amide bonds. The lowest BCUT2D eigenvalue weighted by Crippen LogP contribution is -2.35. The minimum atomic E-state index is -2.93. The van der Waals surface area contributed by atoms with E-state index >= 15 is 4.57 Å². The van der Waals surface area contributed by atoms with Gasteiger partial charge in [-0.25, -0.2) is 14.0 Å². The second-order valence-electron chi connectivity index (χ2n) is 9.70. The zero-order valence-electron chi connectivity index (χ0n) is 20.0. The molecular formula is C29H32N3OP. The Balaban J connectivity index is 1.60. The average molecular weight is 470 g/mol. The Kier molecular flexibility index (Phi) is 5.58. The number of fused-ring (bicyclic) bond motifs is 2. The first-order chi connectivity index (χ1) is 16.6. The van der Waals surface area contributed by atoms with Crippen LogP contribution in [0.15, 0.2) is 84.9 Å². The third-order valence-electron chi connectivity index (χ3n) is 7.91. The van der Waals surface area contributed by atoms with E-state index in [9.17, 15) is 0 Å². The molecule has 0 spiro atoms. The molecule has 174 valence electrons. The first kappa shape index (κ1) is 22.0. The van der Waals surface area contributed by atoms with E-state index in [0.29, 0.717) is 0 Å². The molecule has 0 aromatic heterocycles. The summed E-state index contributed by atoms with van der Waals surface area (Å²) in [6, 6.07) is 30.3. The molecule has 2 aliphatic rings. The van der Waals surface area contributed by atoms with Crippen LogP contribution in [0.5, 0.6) is 0 Å². The largest absolute Gasteiger partial charge is 0.287 e. The van der Waals surface area contributed by atoms with E-state index in [1.54, 1.807) is 0 Å². The number of nitrogens with zero attached hydrogens (tertiary/aromatic N) is 3. The van der Waals surface area contributed by atoms with E-state index in [-0.39, 0.29) is 12.1 Å². The van der Waals surface area contributed by atoms with Gasteiger partial charge < -0.3 is 0 Å². The van der Waals surface area contributed by atoms with E-state index in [0.717, 1.165) is 25.9 Å². The first-order valence-corrected chi connectivity index (χ1v) is 13.9. The van der Waals surface area contributed by atoms with Crippen LogP contribution in [-0.2, 0) is 4.57 Å². The van der Waals surface area contributed by atoms with Crippen molar-refractivity contribution in [2.45, 2.75) is 31.3 Å². The highest BCUT2D eigenvalue weighted by Crippen LogP contribution is 2.70. The Morgan fingerprint density at radius 3 is 1.56 bits per heavy atom. The maximum Gasteiger partial charge on any atom is 0.287 e. The highest BCUT2D eigenvalue weighted by atomic mass is 31.2. The van der Waals surface area contributed by atoms with Crippen molar-refractivity contribution in [1.29, 1.82) is 0 Å². The van der Waals surface area contributed by atoms with E-state index in [4.69, 9.17) is 0 Å². The van der Waals surface area contributed by atoms with Crippen molar-refractivity contribution >= 4 is 29.1 Å². The Hall–Kier alpha value is -2.49. The van der Waals surface area contributed by atoms with Crippen molar-refractivity contribution < 1.29 is 4.57 Å². The summed E-state index contributed by atoms with van der Waals surface area (Å²) in [7, 11) is 1.25. The number of hydrogen-bond donors (Lipinski definition) is 0. The van der Waals surface area contributed by atoms with Gasteiger partial charge in [-0.3, -0.25) is 4.57 Å². The third-order valence-corrected chi connectivity index (χ3v) is 11.2. The van der Waals surface area contributed by atoms with Crippen LogP contribution >= 0.6 is 7.59 Å². The number of likely N-dealkylation sites (N-methyl/N-ethyl adjacent to an activating group) is 2. The molecule has 0 saturated carbocycles. The normalized spacial score (nSPS) is 24.2. The molecule has 2 aliphatic heterocycles. The molecule has 0 bridgehead atoms. The third kappa shape index (κ3) is 3.28. The van der Waals surface area contributed by atoms with Gasteiger partial charge >= 0.3 is 0 Å². The van der Waals surface area contributed by atoms with Crippen molar-refractivity contribution in [2.24, 2.45) is 0 Å². The predicted molar refractivity (Wildman–Crippen MR) is 142 cm³/mol. The Labute approximate surface area is 202 Å². The molecule has 0 aliphatic carbocycles. The molecule has 0 unspecified atom stereocenters. The lowest BCUT2D eigenvalue weighted by molar-refractivity contribution is 0.299. The summed E-state index contributed by atoms with van der Waals surface area (Å²) in [5, 5.41) is 4.94. The first-order valence-electron chi connectivity index (χ1n) is 12.4. The zero-order chi connectivity index (χ0) is 23.3. The lowest BCUT2D eigenvalue weighted by Gasteiger charge is -2.39. The standard InChI is InChI=1S/C29H32N3OP/c1-30-28(26-18-10-14-22-12-4-6-16-24(22)26)29(27-19-11-15-23-13-5-7-17-25(23)27)31(2)34(30,33)32-20-8-3-9-21-32/h4-7,10-19,28-29H,3,8-9,20-21H2,1-2H3/t28-,29-/m1/s1. The molecule has 0 N–H and O–H groups in total. The summed E-state index contributed by atoms with van der Waals surface area (Å²) in [6.45, 7) is 1.80. The van der Waals surface area contributed by atoms with Gasteiger partial charge in [-0.2, -0.15) is 0 Å². The number of piperidine rings is 1. The molecule has 6 rings (SSSR count). The highest BCUT2D eigenvalue weighted by Gasteiger charge is 2.55. The number of rotatable bonds is 3. The van der Waals surface area contributed by atoms with Gasteiger partial charge in [-0.15, -0.1) is 0 Å². The monoisotopic (exact) mass is 469 g/mol. The fourth-order valence-corrected chi connectivity index (χ4v) is 9.45. The minimum absolute atomic E-state index is 0.0188. The fraction of sp³-hybridized carbons (Fsp3) is 0.310. The van der Waals surface area contributed by atoms with Gasteiger partial charge in [0.2, 0.25) is 0 Å². The van der Waals surface area contributed by atoms with Crippen molar-refractivity contribution in [3.8, 4) is 0 Å². The average Bonchev–Trinajstić information content (AvgIpc) is 3.10. The topological polar surface area (TPSA) is 26.8 Å². The summed E-state index contributed by atoms with van der Waals surface area (Å²) in [5.74, 6) is 0. The van der Waals surface area contributed by atoms with Gasteiger partial charge in [0, 0.05) is 13.1 Å². The van der Waals surface area contributed by atoms with Crippen molar-refractivity contribution in [1.82, 2.24) is 14.0 Å². The maximum atomic E-state index is 15.0. The van der Waals surface area contributed by atoms with Crippen LogP contribution in [0.3, 0.4) is 0 Å². The van der Waals surface area contributed by atoms with Gasteiger partial charge in [-0.1, -0.05) is 91.3 Å². The number of benzene rings is 4. The quantitative estimate of drug-likeness (QED) is 0.295. The molecule has 4 aromatic rings. The smallest absolute Gasteiger partial charge is 0.270 e.